The first-order valence-corrected chi connectivity index (χ1v) is 13.1. The van der Waals surface area contributed by atoms with E-state index in [0.717, 1.165) is 61.7 Å². The molecule has 1 amide bonds. The summed E-state index contributed by atoms with van der Waals surface area (Å²) in [5, 5.41) is 11.5. The van der Waals surface area contributed by atoms with Gasteiger partial charge in [0.1, 0.15) is 16.9 Å². The molecule has 0 aliphatic heterocycles. The number of thiophene rings is 1. The Morgan fingerprint density at radius 1 is 1.08 bits per heavy atom. The lowest BCUT2D eigenvalue weighted by molar-refractivity contribution is -0.117. The molecule has 1 saturated carbocycles. The van der Waals surface area contributed by atoms with E-state index in [4.69, 9.17) is 4.98 Å². The predicted molar refractivity (Wildman–Crippen MR) is 147 cm³/mol. The van der Waals surface area contributed by atoms with Crippen LogP contribution in [0.4, 0.5) is 5.69 Å². The van der Waals surface area contributed by atoms with Gasteiger partial charge in [-0.15, -0.1) is 11.3 Å². The summed E-state index contributed by atoms with van der Waals surface area (Å²) in [5.41, 5.74) is 6.86. The van der Waals surface area contributed by atoms with Gasteiger partial charge in [0, 0.05) is 39.7 Å². The van der Waals surface area contributed by atoms with Crippen molar-refractivity contribution in [2.24, 2.45) is 5.92 Å². The number of aromatic nitrogens is 6. The number of carbonyl (C=O) groups excluding carboxylic acids is 2. The van der Waals surface area contributed by atoms with Crippen molar-refractivity contribution in [3.63, 3.8) is 0 Å². The van der Waals surface area contributed by atoms with Gasteiger partial charge in [-0.05, 0) is 62.2 Å². The zero-order valence-electron chi connectivity index (χ0n) is 20.3. The summed E-state index contributed by atoms with van der Waals surface area (Å²) in [7, 11) is 0. The highest BCUT2D eigenvalue weighted by atomic mass is 32.1. The highest BCUT2D eigenvalue weighted by Gasteiger charge is 2.29. The average molecular weight is 520 g/mol. The number of H-pyrrole nitrogens is 2. The Morgan fingerprint density at radius 3 is 2.79 bits per heavy atom. The monoisotopic (exact) mass is 519 g/mol. The summed E-state index contributed by atoms with van der Waals surface area (Å²) in [6, 6.07) is 13.5. The molecule has 6 heterocycles. The topological polar surface area (TPSA) is 129 Å². The van der Waals surface area contributed by atoms with Crippen LogP contribution in [-0.4, -0.2) is 41.8 Å². The Hall–Kier alpha value is -4.70. The van der Waals surface area contributed by atoms with Gasteiger partial charge in [-0.1, -0.05) is 0 Å². The highest BCUT2D eigenvalue weighted by Crippen LogP contribution is 2.36. The number of pyridine rings is 3. The van der Waals surface area contributed by atoms with Gasteiger partial charge in [0.25, 0.3) is 0 Å². The lowest BCUT2D eigenvalue weighted by Gasteiger charge is -2.06. The van der Waals surface area contributed by atoms with Gasteiger partial charge in [0.15, 0.2) is 5.78 Å². The zero-order chi connectivity index (χ0) is 25.8. The number of nitrogens with one attached hydrogen (secondary N) is 3. The van der Waals surface area contributed by atoms with Gasteiger partial charge < -0.3 is 10.3 Å². The minimum absolute atomic E-state index is 0.0383. The van der Waals surface area contributed by atoms with E-state index < -0.39 is 0 Å². The number of nitrogens with zero attached hydrogens (tertiary/aromatic N) is 4. The van der Waals surface area contributed by atoms with Crippen molar-refractivity contribution in [3.05, 3.63) is 65.9 Å². The number of hydrogen-bond acceptors (Lipinski definition) is 7. The van der Waals surface area contributed by atoms with Crippen LogP contribution in [0.2, 0.25) is 0 Å². The number of Topliss-reactive ketones (excluding diaryl/α,β-unsaturated/α-hetero) is 1. The third kappa shape index (κ3) is 3.95. The third-order valence-corrected chi connectivity index (χ3v) is 7.88. The SMILES string of the molecule is CC(=O)c1ccc(-c2ccnc3[nH]c(-c4n[nH]c5ccc(-c6cncc(NC(=O)C7CC7)c6)nc45)cc23)s1. The van der Waals surface area contributed by atoms with Gasteiger partial charge in [-0.3, -0.25) is 19.7 Å². The van der Waals surface area contributed by atoms with Crippen molar-refractivity contribution >= 4 is 50.8 Å². The van der Waals surface area contributed by atoms with E-state index >= 15 is 0 Å². The smallest absolute Gasteiger partial charge is 0.227 e. The van der Waals surface area contributed by atoms with Crippen LogP contribution in [-0.2, 0) is 4.79 Å². The van der Waals surface area contributed by atoms with Gasteiger partial charge in [0.05, 0.1) is 33.7 Å². The van der Waals surface area contributed by atoms with Crippen LogP contribution >= 0.6 is 11.3 Å². The number of anilines is 1. The first-order chi connectivity index (χ1) is 18.5. The molecule has 0 atom stereocenters. The molecule has 186 valence electrons. The molecule has 6 aromatic heterocycles. The first kappa shape index (κ1) is 22.5. The lowest BCUT2D eigenvalue weighted by Crippen LogP contribution is -2.13. The molecule has 0 unspecified atom stereocenters. The van der Waals surface area contributed by atoms with Crippen LogP contribution in [0.25, 0.3) is 55.2 Å². The summed E-state index contributed by atoms with van der Waals surface area (Å²) in [5.74, 6) is 0.206. The maximum absolute atomic E-state index is 12.2. The number of fused-ring (bicyclic) bond motifs is 2. The molecule has 0 aromatic carbocycles. The van der Waals surface area contributed by atoms with Gasteiger partial charge in [0.2, 0.25) is 5.91 Å². The fourth-order valence-electron chi connectivity index (χ4n) is 4.53. The molecular weight excluding hydrogens is 498 g/mol. The molecule has 1 fully saturated rings. The molecule has 6 aromatic rings. The molecule has 7 rings (SSSR count). The first-order valence-electron chi connectivity index (χ1n) is 12.2. The molecule has 9 nitrogen and oxygen atoms in total. The van der Waals surface area contributed by atoms with Crippen molar-refractivity contribution < 1.29 is 9.59 Å². The molecule has 38 heavy (non-hydrogen) atoms. The summed E-state index contributed by atoms with van der Waals surface area (Å²) in [6.07, 6.45) is 7.02. The van der Waals surface area contributed by atoms with E-state index in [9.17, 15) is 9.59 Å². The maximum Gasteiger partial charge on any atom is 0.227 e. The molecule has 0 bridgehead atoms. The maximum atomic E-state index is 12.2. The molecule has 1 aliphatic rings. The van der Waals surface area contributed by atoms with Gasteiger partial charge >= 0.3 is 0 Å². The number of aromatic amines is 2. The Balaban J connectivity index is 1.27. The molecular formula is C28H21N7O2S. The number of rotatable bonds is 6. The van der Waals surface area contributed by atoms with Gasteiger partial charge in [-0.2, -0.15) is 5.10 Å². The van der Waals surface area contributed by atoms with Crippen LogP contribution in [0, 0.1) is 5.92 Å². The largest absolute Gasteiger partial charge is 0.338 e. The predicted octanol–water partition coefficient (Wildman–Crippen LogP) is 5.84. The molecule has 0 spiro atoms. The van der Waals surface area contributed by atoms with Crippen LogP contribution in [0.1, 0.15) is 29.4 Å². The molecule has 0 saturated heterocycles. The third-order valence-electron chi connectivity index (χ3n) is 6.66. The summed E-state index contributed by atoms with van der Waals surface area (Å²) in [6.45, 7) is 1.58. The summed E-state index contributed by atoms with van der Waals surface area (Å²) < 4.78 is 0. The van der Waals surface area contributed by atoms with Crippen LogP contribution in [0.3, 0.4) is 0 Å². The van der Waals surface area contributed by atoms with Crippen LogP contribution in [0.5, 0.6) is 0 Å². The normalized spacial score (nSPS) is 13.3. The zero-order valence-corrected chi connectivity index (χ0v) is 21.1. The Morgan fingerprint density at radius 2 is 1.97 bits per heavy atom. The number of ketones is 1. The van der Waals surface area contributed by atoms with E-state index in [0.29, 0.717) is 16.9 Å². The van der Waals surface area contributed by atoms with Crippen molar-refractivity contribution in [2.45, 2.75) is 19.8 Å². The summed E-state index contributed by atoms with van der Waals surface area (Å²) in [4.78, 5) is 42.8. The standard InChI is InChI=1S/C28H21N7O2S/c1-14(36)23-6-7-24(38-23)18-8-9-30-27-19(18)11-22(33-27)26-25-21(34-35-26)5-4-20(32-25)16-10-17(13-29-12-16)31-28(37)15-2-3-15/h4-13,15H,2-3H2,1H3,(H,30,33)(H,31,37)(H,34,35). The van der Waals surface area contributed by atoms with Crippen LogP contribution < -0.4 is 5.32 Å². The number of carbonyl (C=O) groups is 2. The molecule has 0 radical (unpaired) electrons. The minimum Gasteiger partial charge on any atom is -0.338 e. The molecule has 10 heteroatoms. The van der Waals surface area contributed by atoms with E-state index in [-0.39, 0.29) is 17.6 Å². The highest BCUT2D eigenvalue weighted by molar-refractivity contribution is 7.17. The lowest BCUT2D eigenvalue weighted by atomic mass is 10.1. The Labute approximate surface area is 220 Å². The van der Waals surface area contributed by atoms with Crippen molar-refractivity contribution in [1.82, 2.24) is 30.1 Å². The van der Waals surface area contributed by atoms with E-state index in [1.165, 1.54) is 11.3 Å². The Kier molecular flexibility index (Phi) is 5.15. The quantitative estimate of drug-likeness (QED) is 0.237. The number of amides is 1. The van der Waals surface area contributed by atoms with E-state index in [2.05, 4.69) is 30.5 Å². The average Bonchev–Trinajstić information content (AvgIpc) is 3.32. The second-order valence-corrected chi connectivity index (χ2v) is 10.5. The fraction of sp³-hybridized carbons (Fsp3) is 0.143. The minimum atomic E-state index is 0.0383. The molecule has 3 N–H and O–H groups in total. The Bertz CT molecular complexity index is 1880. The van der Waals surface area contributed by atoms with E-state index in [1.807, 2.05) is 42.5 Å². The fourth-order valence-corrected chi connectivity index (χ4v) is 5.47. The van der Waals surface area contributed by atoms with Crippen molar-refractivity contribution in [2.75, 3.05) is 5.32 Å². The van der Waals surface area contributed by atoms with Crippen LogP contribution in [0.15, 0.2) is 61.1 Å². The van der Waals surface area contributed by atoms with E-state index in [1.54, 1.807) is 25.5 Å². The number of hydrogen-bond donors (Lipinski definition) is 3. The second kappa shape index (κ2) is 8.70. The van der Waals surface area contributed by atoms with Crippen molar-refractivity contribution in [3.8, 4) is 33.1 Å². The van der Waals surface area contributed by atoms with Gasteiger partial charge in [-0.25, -0.2) is 9.97 Å². The molecule has 1 aliphatic carbocycles. The second-order valence-electron chi connectivity index (χ2n) is 9.41. The summed E-state index contributed by atoms with van der Waals surface area (Å²) >= 11 is 1.47. The van der Waals surface area contributed by atoms with Crippen molar-refractivity contribution in [1.29, 1.82) is 0 Å².